The maximum Gasteiger partial charge on any atom is 0.255 e. The molecule has 2 N–H and O–H groups in total. The van der Waals surface area contributed by atoms with Gasteiger partial charge < -0.3 is 10.4 Å². The molecule has 0 aliphatic rings. The van der Waals surface area contributed by atoms with Gasteiger partial charge in [0.2, 0.25) is 0 Å². The summed E-state index contributed by atoms with van der Waals surface area (Å²) < 4.78 is 12.9. The number of thiazole rings is 1. The van der Waals surface area contributed by atoms with Crippen molar-refractivity contribution in [3.63, 3.8) is 0 Å². The van der Waals surface area contributed by atoms with Gasteiger partial charge in [0.1, 0.15) is 16.6 Å². The summed E-state index contributed by atoms with van der Waals surface area (Å²) in [7, 11) is 0. The molecule has 2 rings (SSSR count). The molecule has 2 aromatic rings. The molecular formula is C13H13FN2O2S. The maximum atomic E-state index is 12.9. The first-order chi connectivity index (χ1) is 9.11. The van der Waals surface area contributed by atoms with Gasteiger partial charge in [-0.25, -0.2) is 9.37 Å². The Morgan fingerprint density at radius 3 is 2.95 bits per heavy atom. The van der Waals surface area contributed by atoms with E-state index in [1.54, 1.807) is 6.20 Å². The van der Waals surface area contributed by atoms with E-state index in [1.165, 1.54) is 17.4 Å². The summed E-state index contributed by atoms with van der Waals surface area (Å²) in [5.74, 6) is -1.40. The largest absolute Gasteiger partial charge is 0.507 e. The van der Waals surface area contributed by atoms with Gasteiger partial charge in [-0.2, -0.15) is 0 Å². The van der Waals surface area contributed by atoms with E-state index in [1.807, 2.05) is 12.3 Å². The smallest absolute Gasteiger partial charge is 0.255 e. The molecule has 0 aliphatic heterocycles. The lowest BCUT2D eigenvalue weighted by atomic mass is 10.1. The van der Waals surface area contributed by atoms with Crippen LogP contribution in [0, 0.1) is 5.82 Å². The van der Waals surface area contributed by atoms with Crippen LogP contribution in [0.1, 0.15) is 34.8 Å². The van der Waals surface area contributed by atoms with Crippen molar-refractivity contribution in [2.24, 2.45) is 0 Å². The van der Waals surface area contributed by atoms with Crippen LogP contribution in [0.15, 0.2) is 29.8 Å². The summed E-state index contributed by atoms with van der Waals surface area (Å²) in [6, 6.07) is 3.10. The molecule has 0 fully saturated rings. The second kappa shape index (κ2) is 5.79. The highest BCUT2D eigenvalue weighted by Gasteiger charge is 2.18. The molecule has 0 spiro atoms. The average molecular weight is 280 g/mol. The number of amides is 1. The predicted molar refractivity (Wildman–Crippen MR) is 70.7 cm³/mol. The quantitative estimate of drug-likeness (QED) is 0.905. The molecule has 1 atom stereocenters. The second-order valence-electron chi connectivity index (χ2n) is 3.97. The van der Waals surface area contributed by atoms with E-state index in [9.17, 15) is 14.3 Å². The van der Waals surface area contributed by atoms with Gasteiger partial charge in [-0.05, 0) is 18.6 Å². The minimum absolute atomic E-state index is 0.0522. The van der Waals surface area contributed by atoms with Crippen LogP contribution in [0.25, 0.3) is 0 Å². The second-order valence-corrected chi connectivity index (χ2v) is 4.89. The number of rotatable bonds is 4. The van der Waals surface area contributed by atoms with Crippen molar-refractivity contribution in [2.75, 3.05) is 0 Å². The molecule has 1 unspecified atom stereocenters. The standard InChI is InChI=1S/C13H13FN2O2S/c1-2-10(13-15-5-6-19-13)16-12(18)9-4-3-8(14)7-11(9)17/h3-7,10,17H,2H2,1H3,(H,16,18). The summed E-state index contributed by atoms with van der Waals surface area (Å²) >= 11 is 1.45. The van der Waals surface area contributed by atoms with Gasteiger partial charge in [0.05, 0.1) is 11.6 Å². The maximum absolute atomic E-state index is 12.9. The summed E-state index contributed by atoms with van der Waals surface area (Å²) in [6.45, 7) is 1.93. The number of carbonyl (C=O) groups is 1. The number of halogens is 1. The van der Waals surface area contributed by atoms with Crippen molar-refractivity contribution >= 4 is 17.2 Å². The first-order valence-corrected chi connectivity index (χ1v) is 6.68. The lowest BCUT2D eigenvalue weighted by Crippen LogP contribution is -2.28. The summed E-state index contributed by atoms with van der Waals surface area (Å²) in [6.07, 6.45) is 2.35. The van der Waals surface area contributed by atoms with Crippen LogP contribution in [0.2, 0.25) is 0 Å². The normalized spacial score (nSPS) is 12.1. The first-order valence-electron chi connectivity index (χ1n) is 5.80. The lowest BCUT2D eigenvalue weighted by molar-refractivity contribution is 0.0932. The van der Waals surface area contributed by atoms with E-state index in [4.69, 9.17) is 0 Å². The number of nitrogens with zero attached hydrogens (tertiary/aromatic N) is 1. The SMILES string of the molecule is CCC(NC(=O)c1ccc(F)cc1O)c1nccs1. The van der Waals surface area contributed by atoms with Crippen LogP contribution in [-0.4, -0.2) is 16.0 Å². The number of benzene rings is 1. The van der Waals surface area contributed by atoms with Gasteiger partial charge in [0, 0.05) is 17.6 Å². The Morgan fingerprint density at radius 2 is 2.37 bits per heavy atom. The molecule has 0 saturated carbocycles. The van der Waals surface area contributed by atoms with Crippen molar-refractivity contribution in [1.29, 1.82) is 0 Å². The van der Waals surface area contributed by atoms with Crippen molar-refractivity contribution < 1.29 is 14.3 Å². The summed E-state index contributed by atoms with van der Waals surface area (Å²) in [5, 5.41) is 15.0. The van der Waals surface area contributed by atoms with E-state index in [-0.39, 0.29) is 17.4 Å². The van der Waals surface area contributed by atoms with Crippen molar-refractivity contribution in [3.8, 4) is 5.75 Å². The molecule has 1 aromatic carbocycles. The molecule has 0 aliphatic carbocycles. The van der Waals surface area contributed by atoms with Gasteiger partial charge in [-0.15, -0.1) is 11.3 Å². The fraction of sp³-hybridized carbons (Fsp3) is 0.231. The van der Waals surface area contributed by atoms with Gasteiger partial charge in [0.25, 0.3) is 5.91 Å². The summed E-state index contributed by atoms with van der Waals surface area (Å²) in [5.41, 5.74) is 0.0522. The molecule has 1 amide bonds. The molecule has 1 heterocycles. The first kappa shape index (κ1) is 13.5. The van der Waals surface area contributed by atoms with Crippen molar-refractivity contribution in [1.82, 2.24) is 10.3 Å². The molecule has 4 nitrogen and oxygen atoms in total. The number of aromatic hydroxyl groups is 1. The summed E-state index contributed by atoms with van der Waals surface area (Å²) in [4.78, 5) is 16.2. The average Bonchev–Trinajstić information content (AvgIpc) is 2.89. The molecule has 0 saturated heterocycles. The molecular weight excluding hydrogens is 267 g/mol. The van der Waals surface area contributed by atoms with E-state index >= 15 is 0 Å². The van der Waals surface area contributed by atoms with Gasteiger partial charge >= 0.3 is 0 Å². The van der Waals surface area contributed by atoms with E-state index in [0.29, 0.717) is 6.42 Å². The van der Waals surface area contributed by atoms with Crippen LogP contribution in [0.4, 0.5) is 4.39 Å². The highest BCUT2D eigenvalue weighted by Crippen LogP contribution is 2.22. The number of phenols is 1. The fourth-order valence-electron chi connectivity index (χ4n) is 1.68. The Bertz CT molecular complexity index is 572. The predicted octanol–water partition coefficient (Wildman–Crippen LogP) is 2.87. The van der Waals surface area contributed by atoms with E-state index < -0.39 is 11.7 Å². The number of hydrogen-bond acceptors (Lipinski definition) is 4. The van der Waals surface area contributed by atoms with Crippen LogP contribution in [-0.2, 0) is 0 Å². The molecule has 19 heavy (non-hydrogen) atoms. The fourth-order valence-corrected chi connectivity index (χ4v) is 2.45. The molecule has 1 aromatic heterocycles. The zero-order valence-corrected chi connectivity index (χ0v) is 11.1. The molecule has 0 bridgehead atoms. The third-order valence-corrected chi connectivity index (χ3v) is 3.56. The monoisotopic (exact) mass is 280 g/mol. The molecule has 6 heteroatoms. The van der Waals surface area contributed by atoms with E-state index in [0.717, 1.165) is 17.1 Å². The Hall–Kier alpha value is -1.95. The zero-order chi connectivity index (χ0) is 13.8. The van der Waals surface area contributed by atoms with Crippen LogP contribution >= 0.6 is 11.3 Å². The Kier molecular flexibility index (Phi) is 4.11. The third-order valence-electron chi connectivity index (χ3n) is 2.67. The van der Waals surface area contributed by atoms with E-state index in [2.05, 4.69) is 10.3 Å². The Morgan fingerprint density at radius 1 is 1.58 bits per heavy atom. The minimum atomic E-state index is -0.582. The number of nitrogens with one attached hydrogen (secondary N) is 1. The number of hydrogen-bond donors (Lipinski definition) is 2. The van der Waals surface area contributed by atoms with Gasteiger partial charge in [0.15, 0.2) is 0 Å². The van der Waals surface area contributed by atoms with Crippen molar-refractivity contribution in [3.05, 3.63) is 46.2 Å². The number of carbonyl (C=O) groups excluding carboxylic acids is 1. The highest BCUT2D eigenvalue weighted by atomic mass is 32.1. The van der Waals surface area contributed by atoms with Crippen LogP contribution < -0.4 is 5.32 Å². The Balaban J connectivity index is 2.16. The highest BCUT2D eigenvalue weighted by molar-refractivity contribution is 7.09. The van der Waals surface area contributed by atoms with Crippen LogP contribution in [0.5, 0.6) is 5.75 Å². The Labute approximate surface area is 113 Å². The molecule has 100 valence electrons. The topological polar surface area (TPSA) is 62.2 Å². The third kappa shape index (κ3) is 3.08. The minimum Gasteiger partial charge on any atom is -0.507 e. The van der Waals surface area contributed by atoms with Gasteiger partial charge in [-0.1, -0.05) is 6.92 Å². The number of aromatic nitrogens is 1. The number of phenolic OH excluding ortho intramolecular Hbond substituents is 1. The lowest BCUT2D eigenvalue weighted by Gasteiger charge is -2.14. The molecule has 0 radical (unpaired) electrons. The zero-order valence-electron chi connectivity index (χ0n) is 10.3. The van der Waals surface area contributed by atoms with Crippen molar-refractivity contribution in [2.45, 2.75) is 19.4 Å². The van der Waals surface area contributed by atoms with Gasteiger partial charge in [-0.3, -0.25) is 4.79 Å². The van der Waals surface area contributed by atoms with Crippen LogP contribution in [0.3, 0.4) is 0 Å².